The van der Waals surface area contributed by atoms with Crippen LogP contribution < -0.4 is 16.0 Å². The summed E-state index contributed by atoms with van der Waals surface area (Å²) in [5, 5.41) is 13.7. The van der Waals surface area contributed by atoms with Crippen LogP contribution in [0, 0.1) is 0 Å². The van der Waals surface area contributed by atoms with Crippen LogP contribution in [0.5, 0.6) is 0 Å². The minimum absolute atomic E-state index is 0. The summed E-state index contributed by atoms with van der Waals surface area (Å²) in [6.07, 6.45) is 6.91. The molecule has 0 spiro atoms. The van der Waals surface area contributed by atoms with Crippen LogP contribution in [-0.2, 0) is 17.8 Å². The number of aryl methyl sites for hydroxylation is 1. The number of rotatable bonds is 9. The molecule has 1 fully saturated rings. The second-order valence-corrected chi connectivity index (χ2v) is 7.02. The molecule has 1 aliphatic heterocycles. The van der Waals surface area contributed by atoms with E-state index in [0.717, 1.165) is 50.5 Å². The summed E-state index contributed by atoms with van der Waals surface area (Å²) in [5.74, 6) is 0.669. The molecule has 30 heavy (non-hydrogen) atoms. The lowest BCUT2D eigenvalue weighted by Gasteiger charge is -2.13. The summed E-state index contributed by atoms with van der Waals surface area (Å²) in [6.45, 7) is 3.60. The fourth-order valence-electron chi connectivity index (χ4n) is 3.22. The molecular formula is C21H31IN6O2. The predicted octanol–water partition coefficient (Wildman–Crippen LogP) is 2.17. The Morgan fingerprint density at radius 1 is 1.30 bits per heavy atom. The molecule has 1 unspecified atom stereocenters. The Bertz CT molecular complexity index is 791. The fraction of sp³-hybridized carbons (Fsp3) is 0.476. The van der Waals surface area contributed by atoms with Crippen LogP contribution in [0.25, 0.3) is 0 Å². The van der Waals surface area contributed by atoms with Crippen LogP contribution >= 0.6 is 24.0 Å². The van der Waals surface area contributed by atoms with Crippen molar-refractivity contribution in [1.29, 1.82) is 0 Å². The summed E-state index contributed by atoms with van der Waals surface area (Å²) >= 11 is 0. The van der Waals surface area contributed by atoms with Gasteiger partial charge in [0.2, 0.25) is 0 Å². The van der Waals surface area contributed by atoms with Crippen molar-refractivity contribution in [1.82, 2.24) is 25.7 Å². The Morgan fingerprint density at radius 2 is 2.20 bits per heavy atom. The van der Waals surface area contributed by atoms with Gasteiger partial charge in [-0.3, -0.25) is 14.5 Å². The van der Waals surface area contributed by atoms with E-state index in [1.807, 2.05) is 41.2 Å². The van der Waals surface area contributed by atoms with Crippen LogP contribution in [0.2, 0.25) is 0 Å². The van der Waals surface area contributed by atoms with Crippen molar-refractivity contribution < 1.29 is 9.53 Å². The molecule has 2 heterocycles. The van der Waals surface area contributed by atoms with Gasteiger partial charge in [-0.1, -0.05) is 12.1 Å². The van der Waals surface area contributed by atoms with Gasteiger partial charge in [-0.05, 0) is 43.0 Å². The lowest BCUT2D eigenvalue weighted by atomic mass is 10.1. The van der Waals surface area contributed by atoms with Gasteiger partial charge in [0.1, 0.15) is 0 Å². The molecule has 0 radical (unpaired) electrons. The highest BCUT2D eigenvalue weighted by Gasteiger charge is 2.16. The van der Waals surface area contributed by atoms with E-state index in [1.165, 1.54) is 0 Å². The third kappa shape index (κ3) is 7.94. The number of nitrogens with zero attached hydrogens (tertiary/aromatic N) is 3. The van der Waals surface area contributed by atoms with Crippen LogP contribution in [0.1, 0.15) is 35.2 Å². The number of nitrogens with one attached hydrogen (secondary N) is 3. The number of amides is 1. The minimum Gasteiger partial charge on any atom is -0.376 e. The molecule has 1 saturated heterocycles. The molecule has 0 bridgehead atoms. The largest absolute Gasteiger partial charge is 0.376 e. The topological polar surface area (TPSA) is 92.6 Å². The number of benzene rings is 1. The predicted molar refractivity (Wildman–Crippen MR) is 128 cm³/mol. The number of guanidine groups is 1. The molecule has 1 aliphatic rings. The van der Waals surface area contributed by atoms with Crippen molar-refractivity contribution >= 4 is 35.8 Å². The number of aliphatic imine (C=N–C) groups is 1. The van der Waals surface area contributed by atoms with Crippen molar-refractivity contribution in [2.75, 3.05) is 26.7 Å². The van der Waals surface area contributed by atoms with E-state index in [0.29, 0.717) is 18.7 Å². The zero-order valence-electron chi connectivity index (χ0n) is 17.3. The van der Waals surface area contributed by atoms with Gasteiger partial charge in [-0.2, -0.15) is 5.10 Å². The Labute approximate surface area is 194 Å². The third-order valence-corrected chi connectivity index (χ3v) is 4.80. The van der Waals surface area contributed by atoms with Gasteiger partial charge in [0.05, 0.1) is 6.10 Å². The molecule has 9 heteroatoms. The van der Waals surface area contributed by atoms with E-state index in [2.05, 4.69) is 26.0 Å². The van der Waals surface area contributed by atoms with Gasteiger partial charge in [-0.25, -0.2) is 0 Å². The van der Waals surface area contributed by atoms with E-state index in [1.54, 1.807) is 13.2 Å². The quantitative estimate of drug-likeness (QED) is 0.202. The number of hydrogen-bond acceptors (Lipinski definition) is 4. The number of halogens is 1. The fourth-order valence-corrected chi connectivity index (χ4v) is 3.22. The first-order valence-corrected chi connectivity index (χ1v) is 10.2. The van der Waals surface area contributed by atoms with E-state index in [9.17, 15) is 4.79 Å². The first-order chi connectivity index (χ1) is 14.2. The van der Waals surface area contributed by atoms with Gasteiger partial charge in [0.25, 0.3) is 5.91 Å². The standard InChI is InChI=1S/C21H30N6O2.HI/c1-22-21(23-9-4-11-27-12-5-10-26-27)25-15-17-6-2-7-18(14-17)20(28)24-16-19-8-3-13-29-19;/h2,5-7,10,12,14,19H,3-4,8-9,11,13,15-16H2,1H3,(H,24,28)(H2,22,23,25);1H. The highest BCUT2D eigenvalue weighted by atomic mass is 127. The van der Waals surface area contributed by atoms with E-state index in [-0.39, 0.29) is 36.0 Å². The second kappa shape index (κ2) is 13.2. The number of aromatic nitrogens is 2. The molecule has 2 aromatic rings. The van der Waals surface area contributed by atoms with Crippen LogP contribution in [-0.4, -0.2) is 54.5 Å². The lowest BCUT2D eigenvalue weighted by Crippen LogP contribution is -2.37. The summed E-state index contributed by atoms with van der Waals surface area (Å²) in [7, 11) is 1.75. The molecule has 0 aliphatic carbocycles. The molecule has 3 rings (SSSR count). The molecule has 1 aromatic heterocycles. The zero-order chi connectivity index (χ0) is 20.3. The monoisotopic (exact) mass is 526 g/mol. The first kappa shape index (κ1) is 24.1. The summed E-state index contributed by atoms with van der Waals surface area (Å²) < 4.78 is 7.46. The van der Waals surface area contributed by atoms with Crippen molar-refractivity contribution in [3.8, 4) is 0 Å². The second-order valence-electron chi connectivity index (χ2n) is 7.02. The number of hydrogen-bond donors (Lipinski definition) is 3. The smallest absolute Gasteiger partial charge is 0.251 e. The number of carbonyl (C=O) groups excluding carboxylic acids is 1. The third-order valence-electron chi connectivity index (χ3n) is 4.80. The van der Waals surface area contributed by atoms with Gasteiger partial charge in [-0.15, -0.1) is 24.0 Å². The lowest BCUT2D eigenvalue weighted by molar-refractivity contribution is 0.0857. The Balaban J connectivity index is 0.00000320. The highest BCUT2D eigenvalue weighted by molar-refractivity contribution is 14.0. The van der Waals surface area contributed by atoms with Gasteiger partial charge < -0.3 is 20.7 Å². The average molecular weight is 526 g/mol. The molecule has 1 atom stereocenters. The van der Waals surface area contributed by atoms with Crippen molar-refractivity contribution in [3.63, 3.8) is 0 Å². The SMILES string of the molecule is CN=C(NCCCn1cccn1)NCc1cccc(C(=O)NCC2CCCO2)c1.I. The molecular weight excluding hydrogens is 495 g/mol. The molecule has 1 amide bonds. The van der Waals surface area contributed by atoms with E-state index < -0.39 is 0 Å². The Morgan fingerprint density at radius 3 is 2.93 bits per heavy atom. The van der Waals surface area contributed by atoms with Gasteiger partial charge in [0, 0.05) is 57.8 Å². The van der Waals surface area contributed by atoms with Crippen molar-refractivity contribution in [2.45, 2.75) is 38.5 Å². The summed E-state index contributed by atoms with van der Waals surface area (Å²) in [5.41, 5.74) is 1.68. The van der Waals surface area contributed by atoms with Crippen molar-refractivity contribution in [3.05, 3.63) is 53.9 Å². The van der Waals surface area contributed by atoms with E-state index in [4.69, 9.17) is 4.74 Å². The molecule has 3 N–H and O–H groups in total. The maximum atomic E-state index is 12.4. The van der Waals surface area contributed by atoms with Crippen molar-refractivity contribution in [2.24, 2.45) is 4.99 Å². The first-order valence-electron chi connectivity index (χ1n) is 10.2. The normalized spacial score (nSPS) is 16.0. The molecule has 164 valence electrons. The highest BCUT2D eigenvalue weighted by Crippen LogP contribution is 2.11. The Kier molecular flexibility index (Phi) is 10.6. The molecule has 0 saturated carbocycles. The molecule has 1 aromatic carbocycles. The Hall–Kier alpha value is -2.14. The van der Waals surface area contributed by atoms with Gasteiger partial charge >= 0.3 is 0 Å². The average Bonchev–Trinajstić information content (AvgIpc) is 3.46. The van der Waals surface area contributed by atoms with Crippen LogP contribution in [0.3, 0.4) is 0 Å². The minimum atomic E-state index is -0.0662. The summed E-state index contributed by atoms with van der Waals surface area (Å²) in [6, 6.07) is 9.55. The molecule has 8 nitrogen and oxygen atoms in total. The van der Waals surface area contributed by atoms with Gasteiger partial charge in [0.15, 0.2) is 5.96 Å². The maximum absolute atomic E-state index is 12.4. The summed E-state index contributed by atoms with van der Waals surface area (Å²) in [4.78, 5) is 16.6. The zero-order valence-corrected chi connectivity index (χ0v) is 19.7. The number of ether oxygens (including phenoxy) is 1. The van der Waals surface area contributed by atoms with E-state index >= 15 is 0 Å². The maximum Gasteiger partial charge on any atom is 0.251 e. The number of carbonyl (C=O) groups is 1. The van der Waals surface area contributed by atoms with Crippen LogP contribution in [0.15, 0.2) is 47.7 Å². The van der Waals surface area contributed by atoms with Crippen LogP contribution in [0.4, 0.5) is 0 Å².